The second-order valence-corrected chi connectivity index (χ2v) is 4.55. The molecule has 0 heterocycles. The molecule has 0 aromatic rings. The lowest BCUT2D eigenvalue weighted by molar-refractivity contribution is -0.128. The van der Waals surface area contributed by atoms with Crippen LogP contribution in [0.25, 0.3) is 0 Å². The number of hydrogen-bond acceptors (Lipinski definition) is 5. The Bertz CT molecular complexity index is 344. The number of carbonyl (C=O) groups is 3. The molecule has 0 bridgehead atoms. The fourth-order valence-corrected chi connectivity index (χ4v) is 2.16. The summed E-state index contributed by atoms with van der Waals surface area (Å²) in [6, 6.07) is -0.376. The van der Waals surface area contributed by atoms with Gasteiger partial charge in [-0.2, -0.15) is 0 Å². The molecule has 0 aromatic heterocycles. The van der Waals surface area contributed by atoms with Crippen molar-refractivity contribution in [3.63, 3.8) is 0 Å². The molecule has 1 rings (SSSR count). The molecule has 0 spiro atoms. The van der Waals surface area contributed by atoms with E-state index in [0.717, 1.165) is 0 Å². The summed E-state index contributed by atoms with van der Waals surface area (Å²) < 4.78 is 5.09. The van der Waals surface area contributed by atoms with Crippen LogP contribution in [-0.2, 0) is 19.1 Å². The van der Waals surface area contributed by atoms with E-state index in [2.05, 4.69) is 10.6 Å². The normalized spacial score (nSPS) is 22.8. The maximum Gasteiger partial charge on any atom is 0.220 e. The van der Waals surface area contributed by atoms with Gasteiger partial charge in [-0.05, 0) is 20.4 Å². The van der Waals surface area contributed by atoms with Gasteiger partial charge in [-0.25, -0.2) is 0 Å². The van der Waals surface area contributed by atoms with Gasteiger partial charge in [-0.1, -0.05) is 0 Å². The predicted molar refractivity (Wildman–Crippen MR) is 69.7 cm³/mol. The lowest BCUT2D eigenvalue weighted by atomic mass is 9.99. The van der Waals surface area contributed by atoms with Crippen molar-refractivity contribution in [2.75, 3.05) is 26.8 Å². The highest BCUT2D eigenvalue weighted by Crippen LogP contribution is 2.22. The van der Waals surface area contributed by atoms with Gasteiger partial charge in [0, 0.05) is 26.0 Å². The summed E-state index contributed by atoms with van der Waals surface area (Å²) in [7, 11) is 1.67. The third kappa shape index (κ3) is 4.72. The minimum absolute atomic E-state index is 0.0635. The first-order chi connectivity index (χ1) is 9.10. The largest absolute Gasteiger partial charge is 0.380 e. The molecule has 2 unspecified atom stereocenters. The Labute approximate surface area is 113 Å². The summed E-state index contributed by atoms with van der Waals surface area (Å²) >= 11 is 0. The Balaban J connectivity index is 2.26. The van der Waals surface area contributed by atoms with Crippen molar-refractivity contribution < 1.29 is 19.1 Å². The Morgan fingerprint density at radius 1 is 1.42 bits per heavy atom. The van der Waals surface area contributed by atoms with Gasteiger partial charge >= 0.3 is 0 Å². The number of hydrogen-bond donors (Lipinski definition) is 2. The van der Waals surface area contributed by atoms with E-state index >= 15 is 0 Å². The van der Waals surface area contributed by atoms with Gasteiger partial charge in [0.1, 0.15) is 5.78 Å². The fraction of sp³-hybridized carbons (Fsp3) is 0.769. The second kappa shape index (κ2) is 8.01. The molecule has 1 amide bonds. The standard InChI is InChI=1S/C13H22N2O4/c1-3-19-7-6-15-12(17)5-4-9-11(16)8-10(14-2)13(9)18/h9-10,14H,3-8H2,1-2H3,(H,15,17). The topological polar surface area (TPSA) is 84.5 Å². The first kappa shape index (κ1) is 15.8. The van der Waals surface area contributed by atoms with E-state index in [1.165, 1.54) is 0 Å². The highest BCUT2D eigenvalue weighted by molar-refractivity contribution is 6.11. The number of ketones is 2. The van der Waals surface area contributed by atoms with Crippen LogP contribution >= 0.6 is 0 Å². The van der Waals surface area contributed by atoms with E-state index in [4.69, 9.17) is 4.74 Å². The van der Waals surface area contributed by atoms with Crippen LogP contribution in [0, 0.1) is 5.92 Å². The molecular formula is C13H22N2O4. The molecule has 0 radical (unpaired) electrons. The number of amides is 1. The first-order valence-corrected chi connectivity index (χ1v) is 6.68. The molecule has 6 nitrogen and oxygen atoms in total. The molecule has 0 saturated heterocycles. The number of likely N-dealkylation sites (N-methyl/N-ethyl adjacent to an activating group) is 1. The zero-order valence-corrected chi connectivity index (χ0v) is 11.5. The van der Waals surface area contributed by atoms with Crippen molar-refractivity contribution in [2.24, 2.45) is 5.92 Å². The number of nitrogens with one attached hydrogen (secondary N) is 2. The highest BCUT2D eigenvalue weighted by atomic mass is 16.5. The van der Waals surface area contributed by atoms with Crippen LogP contribution in [0.2, 0.25) is 0 Å². The number of rotatable bonds is 8. The SMILES string of the molecule is CCOCCNC(=O)CCC1C(=O)CC(NC)C1=O. The molecule has 0 aliphatic heterocycles. The molecular weight excluding hydrogens is 248 g/mol. The number of Topliss-reactive ketones (excluding diaryl/α,β-unsaturated/α-hetero) is 2. The van der Waals surface area contributed by atoms with Gasteiger partial charge < -0.3 is 15.4 Å². The van der Waals surface area contributed by atoms with E-state index in [-0.39, 0.29) is 36.4 Å². The van der Waals surface area contributed by atoms with E-state index in [9.17, 15) is 14.4 Å². The minimum Gasteiger partial charge on any atom is -0.380 e. The van der Waals surface area contributed by atoms with Gasteiger partial charge in [-0.15, -0.1) is 0 Å². The fourth-order valence-electron chi connectivity index (χ4n) is 2.16. The molecule has 1 fully saturated rings. The van der Waals surface area contributed by atoms with Crippen LogP contribution in [0.3, 0.4) is 0 Å². The van der Waals surface area contributed by atoms with E-state index in [0.29, 0.717) is 26.2 Å². The van der Waals surface area contributed by atoms with E-state index in [1.54, 1.807) is 7.05 Å². The summed E-state index contributed by atoms with van der Waals surface area (Å²) in [5, 5.41) is 5.52. The van der Waals surface area contributed by atoms with Crippen LogP contribution in [-0.4, -0.2) is 50.3 Å². The molecule has 1 saturated carbocycles. The zero-order valence-electron chi connectivity index (χ0n) is 11.5. The lowest BCUT2D eigenvalue weighted by Gasteiger charge is -2.09. The van der Waals surface area contributed by atoms with Crippen LogP contribution in [0.15, 0.2) is 0 Å². The lowest BCUT2D eigenvalue weighted by Crippen LogP contribution is -2.32. The number of ether oxygens (including phenoxy) is 1. The summed E-state index contributed by atoms with van der Waals surface area (Å²) in [5.74, 6) is -0.913. The zero-order chi connectivity index (χ0) is 14.3. The maximum atomic E-state index is 11.8. The van der Waals surface area contributed by atoms with Crippen LogP contribution in [0.4, 0.5) is 0 Å². The average Bonchev–Trinajstić information content (AvgIpc) is 2.67. The van der Waals surface area contributed by atoms with Crippen LogP contribution < -0.4 is 10.6 Å². The van der Waals surface area contributed by atoms with Crippen molar-refractivity contribution in [3.8, 4) is 0 Å². The van der Waals surface area contributed by atoms with Crippen LogP contribution in [0.1, 0.15) is 26.2 Å². The molecule has 0 aromatic carbocycles. The monoisotopic (exact) mass is 270 g/mol. The first-order valence-electron chi connectivity index (χ1n) is 6.68. The van der Waals surface area contributed by atoms with Gasteiger partial charge in [0.15, 0.2) is 5.78 Å². The summed E-state index contributed by atoms with van der Waals surface area (Å²) in [6.07, 6.45) is 0.743. The third-order valence-corrected chi connectivity index (χ3v) is 3.26. The quantitative estimate of drug-likeness (QED) is 0.466. The molecule has 19 heavy (non-hydrogen) atoms. The molecule has 1 aliphatic carbocycles. The number of carbonyl (C=O) groups excluding carboxylic acids is 3. The predicted octanol–water partition coefficient (Wildman–Crippen LogP) is -0.335. The molecule has 108 valence electrons. The van der Waals surface area contributed by atoms with Crippen molar-refractivity contribution in [1.82, 2.24) is 10.6 Å². The second-order valence-electron chi connectivity index (χ2n) is 4.55. The third-order valence-electron chi connectivity index (χ3n) is 3.26. The Kier molecular flexibility index (Phi) is 6.66. The van der Waals surface area contributed by atoms with E-state index in [1.807, 2.05) is 6.92 Å². The molecule has 2 atom stereocenters. The molecule has 6 heteroatoms. The smallest absolute Gasteiger partial charge is 0.220 e. The summed E-state index contributed by atoms with van der Waals surface area (Å²) in [5.41, 5.74) is 0. The summed E-state index contributed by atoms with van der Waals surface area (Å²) in [6.45, 7) is 3.44. The summed E-state index contributed by atoms with van der Waals surface area (Å²) in [4.78, 5) is 35.0. The highest BCUT2D eigenvalue weighted by Gasteiger charge is 2.39. The average molecular weight is 270 g/mol. The maximum absolute atomic E-state index is 11.8. The Morgan fingerprint density at radius 3 is 2.74 bits per heavy atom. The van der Waals surface area contributed by atoms with Gasteiger partial charge in [0.05, 0.1) is 18.6 Å². The minimum atomic E-state index is -0.616. The van der Waals surface area contributed by atoms with Crippen molar-refractivity contribution >= 4 is 17.5 Å². The van der Waals surface area contributed by atoms with Crippen molar-refractivity contribution in [1.29, 1.82) is 0 Å². The van der Waals surface area contributed by atoms with E-state index < -0.39 is 5.92 Å². The van der Waals surface area contributed by atoms with Gasteiger partial charge in [0.2, 0.25) is 5.91 Å². The molecule has 2 N–H and O–H groups in total. The Hall–Kier alpha value is -1.27. The van der Waals surface area contributed by atoms with Gasteiger partial charge in [0.25, 0.3) is 0 Å². The van der Waals surface area contributed by atoms with Crippen molar-refractivity contribution in [2.45, 2.75) is 32.2 Å². The van der Waals surface area contributed by atoms with Gasteiger partial charge in [-0.3, -0.25) is 14.4 Å². The Morgan fingerprint density at radius 2 is 2.16 bits per heavy atom. The molecule has 1 aliphatic rings. The van der Waals surface area contributed by atoms with Crippen molar-refractivity contribution in [3.05, 3.63) is 0 Å². The van der Waals surface area contributed by atoms with Crippen LogP contribution in [0.5, 0.6) is 0 Å².